The number of ketones is 1. The van der Waals surface area contributed by atoms with Gasteiger partial charge in [0, 0.05) is 10.6 Å². The lowest BCUT2D eigenvalue weighted by Gasteiger charge is -2.13. The Labute approximate surface area is 102 Å². The Morgan fingerprint density at radius 3 is 2.44 bits per heavy atom. The van der Waals surface area contributed by atoms with Crippen LogP contribution in [0.15, 0.2) is 46.1 Å². The van der Waals surface area contributed by atoms with Crippen LogP contribution in [0.4, 0.5) is 0 Å². The lowest BCUT2D eigenvalue weighted by atomic mass is 9.93. The van der Waals surface area contributed by atoms with Crippen molar-refractivity contribution < 1.29 is 4.79 Å². The predicted molar refractivity (Wildman–Crippen MR) is 69.4 cm³/mol. The van der Waals surface area contributed by atoms with Gasteiger partial charge in [-0.2, -0.15) is 0 Å². The number of hydrogen-bond donors (Lipinski definition) is 0. The Hall–Kier alpha value is -1.08. The highest BCUT2D eigenvalue weighted by molar-refractivity contribution is 6.29. The average Bonchev–Trinajstić information content (AvgIpc) is 2.25. The number of Topliss-reactive ketones (excluding diaryl/α,β-unsaturated/α-hetero) is 1. The molecule has 0 spiro atoms. The standard InChI is InChI=1S/C14H17ClO/c1-4-5-14(11(3)16)10(2)12-6-8-13(15)9-7-12/h4-6,8H,7,9H2,1-3H3/b5-4-,14-10-. The van der Waals surface area contributed by atoms with Crippen LogP contribution in [0.25, 0.3) is 0 Å². The highest BCUT2D eigenvalue weighted by atomic mass is 35.5. The zero-order valence-corrected chi connectivity index (χ0v) is 10.8. The molecule has 1 aliphatic carbocycles. The summed E-state index contributed by atoms with van der Waals surface area (Å²) in [7, 11) is 0. The van der Waals surface area contributed by atoms with E-state index in [4.69, 9.17) is 11.6 Å². The molecule has 0 atom stereocenters. The second kappa shape index (κ2) is 5.86. The molecular formula is C14H17ClO. The average molecular weight is 237 g/mol. The summed E-state index contributed by atoms with van der Waals surface area (Å²) in [6.45, 7) is 5.52. The molecule has 0 aromatic rings. The number of hydrogen-bond acceptors (Lipinski definition) is 1. The molecule has 86 valence electrons. The molecule has 0 bridgehead atoms. The summed E-state index contributed by atoms with van der Waals surface area (Å²) in [4.78, 5) is 11.5. The van der Waals surface area contributed by atoms with Crippen molar-refractivity contribution in [1.82, 2.24) is 0 Å². The van der Waals surface area contributed by atoms with Gasteiger partial charge in [-0.05, 0) is 50.8 Å². The summed E-state index contributed by atoms with van der Waals surface area (Å²) < 4.78 is 0. The van der Waals surface area contributed by atoms with E-state index in [0.717, 1.165) is 29.0 Å². The Morgan fingerprint density at radius 1 is 1.31 bits per heavy atom. The van der Waals surface area contributed by atoms with Gasteiger partial charge in [-0.1, -0.05) is 29.8 Å². The van der Waals surface area contributed by atoms with E-state index in [0.29, 0.717) is 0 Å². The Morgan fingerprint density at radius 2 is 2.00 bits per heavy atom. The second-order valence-corrected chi connectivity index (χ2v) is 4.39. The third-order valence-electron chi connectivity index (χ3n) is 2.70. The maximum Gasteiger partial charge on any atom is 0.160 e. The van der Waals surface area contributed by atoms with Crippen LogP contribution in [0.1, 0.15) is 33.6 Å². The lowest BCUT2D eigenvalue weighted by molar-refractivity contribution is -0.113. The Bertz CT molecular complexity index is 408. The van der Waals surface area contributed by atoms with Gasteiger partial charge in [-0.3, -0.25) is 4.79 Å². The summed E-state index contributed by atoms with van der Waals surface area (Å²) in [6, 6.07) is 0. The van der Waals surface area contributed by atoms with Crippen LogP contribution in [0.5, 0.6) is 0 Å². The minimum absolute atomic E-state index is 0.108. The molecule has 0 saturated heterocycles. The first kappa shape index (κ1) is 13.0. The summed E-state index contributed by atoms with van der Waals surface area (Å²) in [6.07, 6.45) is 9.47. The zero-order chi connectivity index (χ0) is 12.1. The third kappa shape index (κ3) is 3.21. The van der Waals surface area contributed by atoms with Gasteiger partial charge in [0.25, 0.3) is 0 Å². The number of carbonyl (C=O) groups excluding carboxylic acids is 1. The molecule has 0 aliphatic heterocycles. The molecule has 0 aromatic heterocycles. The first-order chi connectivity index (χ1) is 7.56. The largest absolute Gasteiger partial charge is 0.295 e. The van der Waals surface area contributed by atoms with Crippen molar-refractivity contribution in [3.63, 3.8) is 0 Å². The van der Waals surface area contributed by atoms with E-state index in [1.165, 1.54) is 5.57 Å². The SMILES string of the molecule is C/C=C\C(C(C)=O)=C(/C)C1=CC=C(Cl)CC1. The van der Waals surface area contributed by atoms with Crippen LogP contribution >= 0.6 is 11.6 Å². The molecule has 0 amide bonds. The topological polar surface area (TPSA) is 17.1 Å². The molecule has 0 radical (unpaired) electrons. The maximum absolute atomic E-state index is 11.5. The van der Waals surface area contributed by atoms with Crippen molar-refractivity contribution in [3.05, 3.63) is 46.1 Å². The van der Waals surface area contributed by atoms with E-state index in [-0.39, 0.29) is 5.78 Å². The molecule has 0 fully saturated rings. The number of allylic oxidation sites excluding steroid dienone is 8. The van der Waals surface area contributed by atoms with Crippen LogP contribution in [0.3, 0.4) is 0 Å². The molecular weight excluding hydrogens is 220 g/mol. The fraction of sp³-hybridized carbons (Fsp3) is 0.357. The highest BCUT2D eigenvalue weighted by Gasteiger charge is 2.11. The lowest BCUT2D eigenvalue weighted by Crippen LogP contribution is -2.01. The smallest absolute Gasteiger partial charge is 0.160 e. The van der Waals surface area contributed by atoms with Crippen LogP contribution < -0.4 is 0 Å². The molecule has 0 heterocycles. The van der Waals surface area contributed by atoms with Gasteiger partial charge in [0.1, 0.15) is 0 Å². The fourth-order valence-corrected chi connectivity index (χ4v) is 1.93. The van der Waals surface area contributed by atoms with E-state index in [9.17, 15) is 4.79 Å². The molecule has 1 nitrogen and oxygen atoms in total. The van der Waals surface area contributed by atoms with E-state index < -0.39 is 0 Å². The van der Waals surface area contributed by atoms with Crippen molar-refractivity contribution in [1.29, 1.82) is 0 Å². The van der Waals surface area contributed by atoms with E-state index in [1.54, 1.807) is 6.92 Å². The molecule has 0 unspecified atom stereocenters. The quantitative estimate of drug-likeness (QED) is 0.527. The minimum atomic E-state index is 0.108. The molecule has 0 saturated carbocycles. The Balaban J connectivity index is 3.10. The second-order valence-electron chi connectivity index (χ2n) is 3.90. The highest BCUT2D eigenvalue weighted by Crippen LogP contribution is 2.27. The molecule has 0 aromatic carbocycles. The number of carbonyl (C=O) groups is 1. The van der Waals surface area contributed by atoms with Crippen LogP contribution in [0, 0.1) is 0 Å². The van der Waals surface area contributed by atoms with Gasteiger partial charge >= 0.3 is 0 Å². The van der Waals surface area contributed by atoms with Crippen LogP contribution in [-0.2, 0) is 4.79 Å². The Kier molecular flexibility index (Phi) is 4.75. The molecule has 0 N–H and O–H groups in total. The summed E-state index contributed by atoms with van der Waals surface area (Å²) in [5.74, 6) is 0.108. The number of rotatable bonds is 3. The van der Waals surface area contributed by atoms with Crippen molar-refractivity contribution in [2.75, 3.05) is 0 Å². The van der Waals surface area contributed by atoms with Gasteiger partial charge in [-0.25, -0.2) is 0 Å². The van der Waals surface area contributed by atoms with E-state index >= 15 is 0 Å². The minimum Gasteiger partial charge on any atom is -0.295 e. The van der Waals surface area contributed by atoms with Gasteiger partial charge in [0.15, 0.2) is 5.78 Å². The summed E-state index contributed by atoms with van der Waals surface area (Å²) >= 11 is 5.91. The molecule has 1 aliphatic rings. The van der Waals surface area contributed by atoms with Gasteiger partial charge in [0.2, 0.25) is 0 Å². The van der Waals surface area contributed by atoms with E-state index in [1.807, 2.05) is 38.2 Å². The van der Waals surface area contributed by atoms with Gasteiger partial charge < -0.3 is 0 Å². The fourth-order valence-electron chi connectivity index (χ4n) is 1.77. The molecule has 2 heteroatoms. The molecule has 16 heavy (non-hydrogen) atoms. The molecule has 1 rings (SSSR count). The maximum atomic E-state index is 11.5. The summed E-state index contributed by atoms with van der Waals surface area (Å²) in [5, 5.41) is 0.881. The monoisotopic (exact) mass is 236 g/mol. The van der Waals surface area contributed by atoms with Gasteiger partial charge in [0.05, 0.1) is 0 Å². The van der Waals surface area contributed by atoms with Crippen LogP contribution in [0.2, 0.25) is 0 Å². The van der Waals surface area contributed by atoms with Crippen molar-refractivity contribution in [2.45, 2.75) is 33.6 Å². The predicted octanol–water partition coefficient (Wildman–Crippen LogP) is 4.31. The van der Waals surface area contributed by atoms with Crippen molar-refractivity contribution >= 4 is 17.4 Å². The van der Waals surface area contributed by atoms with Crippen LogP contribution in [-0.4, -0.2) is 5.78 Å². The first-order valence-electron chi connectivity index (χ1n) is 5.46. The first-order valence-corrected chi connectivity index (χ1v) is 5.84. The van der Waals surface area contributed by atoms with Crippen molar-refractivity contribution in [3.8, 4) is 0 Å². The zero-order valence-electron chi connectivity index (χ0n) is 10.0. The van der Waals surface area contributed by atoms with Gasteiger partial charge in [-0.15, -0.1) is 0 Å². The summed E-state index contributed by atoms with van der Waals surface area (Å²) in [5.41, 5.74) is 3.05. The van der Waals surface area contributed by atoms with E-state index in [2.05, 4.69) is 0 Å². The normalized spacial score (nSPS) is 18.0. The third-order valence-corrected chi connectivity index (χ3v) is 3.01. The number of halogens is 1. The van der Waals surface area contributed by atoms with Crippen molar-refractivity contribution in [2.24, 2.45) is 0 Å².